The molecule has 4 rings (SSSR count). The highest BCUT2D eigenvalue weighted by atomic mass is 32.1. The summed E-state index contributed by atoms with van der Waals surface area (Å²) in [4.78, 5) is 25.8. The maximum absolute atomic E-state index is 12.5. The molecule has 0 aliphatic heterocycles. The van der Waals surface area contributed by atoms with Crippen molar-refractivity contribution in [1.29, 1.82) is 0 Å². The predicted molar refractivity (Wildman–Crippen MR) is 94.2 cm³/mol. The van der Waals surface area contributed by atoms with Gasteiger partial charge < -0.3 is 10.6 Å². The zero-order chi connectivity index (χ0) is 16.5. The molecule has 7 heteroatoms. The number of aromatic nitrogens is 3. The van der Waals surface area contributed by atoms with E-state index < -0.39 is 0 Å². The Labute approximate surface area is 143 Å². The van der Waals surface area contributed by atoms with Gasteiger partial charge in [0.05, 0.1) is 22.0 Å². The van der Waals surface area contributed by atoms with Gasteiger partial charge in [0.1, 0.15) is 0 Å². The van der Waals surface area contributed by atoms with Crippen LogP contribution in [0.3, 0.4) is 0 Å². The molecule has 6 nitrogen and oxygen atoms in total. The Morgan fingerprint density at radius 1 is 1.29 bits per heavy atom. The minimum Gasteiger partial charge on any atom is -0.348 e. The maximum atomic E-state index is 12.5. The third-order valence-electron chi connectivity index (χ3n) is 3.91. The molecule has 1 aliphatic rings. The summed E-state index contributed by atoms with van der Waals surface area (Å²) >= 11 is 1.49. The summed E-state index contributed by atoms with van der Waals surface area (Å²) in [6.07, 6.45) is 3.85. The molecule has 0 bridgehead atoms. The lowest BCUT2D eigenvalue weighted by Gasteiger charge is -2.14. The minimum absolute atomic E-state index is 0.0540. The molecule has 122 valence electrons. The highest BCUT2D eigenvalue weighted by Gasteiger charge is 2.26. The van der Waals surface area contributed by atoms with Gasteiger partial charge in [0.2, 0.25) is 5.95 Å². The van der Waals surface area contributed by atoms with Crippen LogP contribution in [0.25, 0.3) is 10.2 Å². The van der Waals surface area contributed by atoms with E-state index in [1.807, 2.05) is 36.6 Å². The number of nitrogens with one attached hydrogen (secondary N) is 2. The van der Waals surface area contributed by atoms with Gasteiger partial charge in [-0.05, 0) is 43.3 Å². The number of nitrogens with zero attached hydrogens (tertiary/aromatic N) is 3. The first-order valence-electron chi connectivity index (χ1n) is 7.94. The zero-order valence-electron chi connectivity index (χ0n) is 13.2. The van der Waals surface area contributed by atoms with Crippen LogP contribution in [0.1, 0.15) is 42.0 Å². The van der Waals surface area contributed by atoms with E-state index in [2.05, 4.69) is 25.6 Å². The second kappa shape index (κ2) is 6.16. The van der Waals surface area contributed by atoms with Crippen molar-refractivity contribution in [2.75, 3.05) is 5.32 Å². The molecule has 0 aromatic carbocycles. The van der Waals surface area contributed by atoms with Crippen molar-refractivity contribution in [3.8, 4) is 0 Å². The van der Waals surface area contributed by atoms with Crippen molar-refractivity contribution in [2.24, 2.45) is 0 Å². The minimum atomic E-state index is -0.124. The topological polar surface area (TPSA) is 79.8 Å². The summed E-state index contributed by atoms with van der Waals surface area (Å²) in [5.41, 5.74) is 2.12. The first-order valence-corrected chi connectivity index (χ1v) is 8.82. The molecule has 3 heterocycles. The van der Waals surface area contributed by atoms with Gasteiger partial charge in [0, 0.05) is 12.2 Å². The van der Waals surface area contributed by atoms with Crippen LogP contribution in [0.4, 0.5) is 5.95 Å². The number of amides is 1. The summed E-state index contributed by atoms with van der Waals surface area (Å²) in [5, 5.41) is 8.18. The predicted octanol–water partition coefficient (Wildman–Crippen LogP) is 3.15. The maximum Gasteiger partial charge on any atom is 0.271 e. The zero-order valence-corrected chi connectivity index (χ0v) is 14.0. The Bertz CT molecular complexity index is 875. The van der Waals surface area contributed by atoms with Crippen molar-refractivity contribution in [1.82, 2.24) is 20.3 Å². The molecule has 0 radical (unpaired) electrons. The molecule has 1 saturated carbocycles. The average Bonchev–Trinajstić information content (AvgIpc) is 3.28. The highest BCUT2D eigenvalue weighted by molar-refractivity contribution is 7.17. The first kappa shape index (κ1) is 15.0. The number of fused-ring (bicyclic) bond motifs is 1. The van der Waals surface area contributed by atoms with Crippen LogP contribution in [0, 0.1) is 0 Å². The lowest BCUT2D eigenvalue weighted by Crippen LogP contribution is -2.27. The smallest absolute Gasteiger partial charge is 0.271 e. The van der Waals surface area contributed by atoms with Crippen molar-refractivity contribution in [2.45, 2.75) is 31.8 Å². The average molecular weight is 339 g/mol. The van der Waals surface area contributed by atoms with Gasteiger partial charge in [-0.2, -0.15) is 0 Å². The fourth-order valence-electron chi connectivity index (χ4n) is 2.46. The van der Waals surface area contributed by atoms with Crippen LogP contribution in [-0.4, -0.2) is 26.9 Å². The van der Waals surface area contributed by atoms with Crippen LogP contribution in [0.15, 0.2) is 35.8 Å². The SMILES string of the molecule is C[C@H](Nc1nc(C(=O)NC2CC2)c2sccc2n1)c1ccccn1. The van der Waals surface area contributed by atoms with Crippen LogP contribution in [-0.2, 0) is 0 Å². The number of pyridine rings is 1. The Morgan fingerprint density at radius 2 is 2.17 bits per heavy atom. The summed E-state index contributed by atoms with van der Waals surface area (Å²) in [7, 11) is 0. The van der Waals surface area contributed by atoms with Crippen molar-refractivity contribution < 1.29 is 4.79 Å². The van der Waals surface area contributed by atoms with Crippen LogP contribution in [0.5, 0.6) is 0 Å². The van der Waals surface area contributed by atoms with Gasteiger partial charge in [-0.1, -0.05) is 6.07 Å². The Balaban J connectivity index is 1.64. The summed E-state index contributed by atoms with van der Waals surface area (Å²) in [6, 6.07) is 7.92. The Hall–Kier alpha value is -2.54. The summed E-state index contributed by atoms with van der Waals surface area (Å²) < 4.78 is 0.823. The lowest BCUT2D eigenvalue weighted by atomic mass is 10.2. The Kier molecular flexibility index (Phi) is 3.86. The van der Waals surface area contributed by atoms with Crippen molar-refractivity contribution >= 4 is 33.4 Å². The standard InChI is InChI=1S/C17H17N5OS/c1-10(12-4-2-3-8-18-12)19-17-21-13-7-9-24-15(13)14(22-17)16(23)20-11-5-6-11/h2-4,7-11H,5-6H2,1H3,(H,20,23)(H,19,21,22)/t10-/m0/s1. The van der Waals surface area contributed by atoms with Gasteiger partial charge in [0.15, 0.2) is 5.69 Å². The monoisotopic (exact) mass is 339 g/mol. The summed E-state index contributed by atoms with van der Waals surface area (Å²) in [6.45, 7) is 1.99. The number of thiophene rings is 1. The van der Waals surface area contributed by atoms with Gasteiger partial charge in [-0.25, -0.2) is 9.97 Å². The van der Waals surface area contributed by atoms with Crippen LogP contribution < -0.4 is 10.6 Å². The van der Waals surface area contributed by atoms with Crippen molar-refractivity contribution in [3.05, 3.63) is 47.2 Å². The number of carbonyl (C=O) groups is 1. The highest BCUT2D eigenvalue weighted by Crippen LogP contribution is 2.26. The van der Waals surface area contributed by atoms with Crippen LogP contribution >= 0.6 is 11.3 Å². The van der Waals surface area contributed by atoms with E-state index in [0.29, 0.717) is 17.7 Å². The van der Waals surface area contributed by atoms with E-state index in [0.717, 1.165) is 28.8 Å². The molecule has 1 atom stereocenters. The molecular weight excluding hydrogens is 322 g/mol. The largest absolute Gasteiger partial charge is 0.348 e. The molecule has 0 spiro atoms. The molecular formula is C17H17N5OS. The van der Waals surface area contributed by atoms with Gasteiger partial charge in [-0.3, -0.25) is 9.78 Å². The molecule has 3 aromatic heterocycles. The number of hydrogen-bond donors (Lipinski definition) is 2. The van der Waals surface area contributed by atoms with Gasteiger partial charge in [0.25, 0.3) is 5.91 Å². The molecule has 1 amide bonds. The van der Waals surface area contributed by atoms with E-state index in [-0.39, 0.29) is 11.9 Å². The third kappa shape index (κ3) is 3.07. The molecule has 24 heavy (non-hydrogen) atoms. The van der Waals surface area contributed by atoms with E-state index in [1.54, 1.807) is 6.20 Å². The number of anilines is 1. The van der Waals surface area contributed by atoms with E-state index in [1.165, 1.54) is 11.3 Å². The van der Waals surface area contributed by atoms with Gasteiger partial charge >= 0.3 is 0 Å². The molecule has 0 unspecified atom stereocenters. The molecule has 3 aromatic rings. The lowest BCUT2D eigenvalue weighted by molar-refractivity contribution is 0.0948. The number of hydrogen-bond acceptors (Lipinski definition) is 6. The molecule has 1 fully saturated rings. The normalized spacial score (nSPS) is 15.2. The summed E-state index contributed by atoms with van der Waals surface area (Å²) in [5.74, 6) is 0.320. The second-order valence-electron chi connectivity index (χ2n) is 5.90. The second-order valence-corrected chi connectivity index (χ2v) is 6.82. The van der Waals surface area contributed by atoms with E-state index in [4.69, 9.17) is 0 Å². The number of rotatable bonds is 5. The first-order chi connectivity index (χ1) is 11.7. The molecule has 0 saturated heterocycles. The quantitative estimate of drug-likeness (QED) is 0.746. The number of carbonyl (C=O) groups excluding carboxylic acids is 1. The van der Waals surface area contributed by atoms with Gasteiger partial charge in [-0.15, -0.1) is 11.3 Å². The Morgan fingerprint density at radius 3 is 2.92 bits per heavy atom. The fourth-order valence-corrected chi connectivity index (χ4v) is 3.28. The fraction of sp³-hybridized carbons (Fsp3) is 0.294. The molecule has 1 aliphatic carbocycles. The van der Waals surface area contributed by atoms with E-state index in [9.17, 15) is 4.79 Å². The van der Waals surface area contributed by atoms with Crippen LogP contribution in [0.2, 0.25) is 0 Å². The molecule has 2 N–H and O–H groups in total. The van der Waals surface area contributed by atoms with Crippen molar-refractivity contribution in [3.63, 3.8) is 0 Å². The third-order valence-corrected chi connectivity index (χ3v) is 4.82. The van der Waals surface area contributed by atoms with E-state index >= 15 is 0 Å².